The largest absolute Gasteiger partial charge is 0.497 e. The summed E-state index contributed by atoms with van der Waals surface area (Å²) >= 11 is 0. The number of ether oxygens (including phenoxy) is 1. The molecule has 8 nitrogen and oxygen atoms in total. The molecule has 1 aliphatic carbocycles. The third-order valence-corrected chi connectivity index (χ3v) is 6.11. The van der Waals surface area contributed by atoms with Crippen LogP contribution in [-0.4, -0.2) is 48.7 Å². The van der Waals surface area contributed by atoms with Gasteiger partial charge >= 0.3 is 0 Å². The quantitative estimate of drug-likeness (QED) is 0.666. The molecule has 1 saturated carbocycles. The fourth-order valence-corrected chi connectivity index (χ4v) is 4.62. The molecule has 0 N–H and O–H groups in total. The Hall–Kier alpha value is -3.29. The summed E-state index contributed by atoms with van der Waals surface area (Å²) in [5, 5.41) is 8.96. The van der Waals surface area contributed by atoms with Gasteiger partial charge in [-0.25, -0.2) is 4.98 Å². The van der Waals surface area contributed by atoms with Crippen molar-refractivity contribution >= 4 is 5.91 Å². The molecule has 5 rings (SSSR count). The SMILES string of the molecule is COc1ccc(-c2nnc3n2C2CCCCC2N(C(=O)c2cnc(C)cn2)C3)cc1. The van der Waals surface area contributed by atoms with Crippen molar-refractivity contribution in [1.29, 1.82) is 0 Å². The predicted molar refractivity (Wildman–Crippen MR) is 110 cm³/mol. The maximum atomic E-state index is 13.3. The van der Waals surface area contributed by atoms with Gasteiger partial charge in [0.15, 0.2) is 11.6 Å². The van der Waals surface area contributed by atoms with Crippen molar-refractivity contribution in [2.24, 2.45) is 0 Å². The number of rotatable bonds is 3. The molecule has 1 aromatic carbocycles. The second kappa shape index (κ2) is 7.51. The molecule has 0 radical (unpaired) electrons. The van der Waals surface area contributed by atoms with Crippen LogP contribution in [0.15, 0.2) is 36.7 Å². The zero-order chi connectivity index (χ0) is 20.7. The molecule has 1 amide bonds. The summed E-state index contributed by atoms with van der Waals surface area (Å²) in [6.07, 6.45) is 7.42. The first-order chi connectivity index (χ1) is 14.7. The Balaban J connectivity index is 1.52. The monoisotopic (exact) mass is 404 g/mol. The van der Waals surface area contributed by atoms with E-state index in [1.165, 1.54) is 0 Å². The zero-order valence-electron chi connectivity index (χ0n) is 17.2. The predicted octanol–water partition coefficient (Wildman–Crippen LogP) is 3.19. The van der Waals surface area contributed by atoms with Gasteiger partial charge in [0.1, 0.15) is 11.4 Å². The molecule has 30 heavy (non-hydrogen) atoms. The molecule has 0 bridgehead atoms. The van der Waals surface area contributed by atoms with Crippen molar-refractivity contribution in [3.05, 3.63) is 53.9 Å². The minimum Gasteiger partial charge on any atom is -0.497 e. The molecule has 2 aliphatic rings. The Morgan fingerprint density at radius 3 is 2.50 bits per heavy atom. The highest BCUT2D eigenvalue weighted by Gasteiger charge is 2.41. The molecular weight excluding hydrogens is 380 g/mol. The van der Waals surface area contributed by atoms with E-state index in [1.807, 2.05) is 36.1 Å². The molecule has 3 aromatic rings. The first-order valence-electron chi connectivity index (χ1n) is 10.3. The van der Waals surface area contributed by atoms with E-state index in [0.717, 1.165) is 54.3 Å². The Labute approximate surface area is 174 Å². The zero-order valence-corrected chi connectivity index (χ0v) is 17.2. The highest BCUT2D eigenvalue weighted by atomic mass is 16.5. The molecule has 2 aromatic heterocycles. The van der Waals surface area contributed by atoms with Crippen molar-refractivity contribution < 1.29 is 9.53 Å². The minimum atomic E-state index is -0.0837. The number of nitrogens with zero attached hydrogens (tertiary/aromatic N) is 6. The highest BCUT2D eigenvalue weighted by molar-refractivity contribution is 5.92. The van der Waals surface area contributed by atoms with Crippen LogP contribution in [0.3, 0.4) is 0 Å². The lowest BCUT2D eigenvalue weighted by Gasteiger charge is -2.44. The Bertz CT molecular complexity index is 1060. The smallest absolute Gasteiger partial charge is 0.274 e. The molecule has 154 valence electrons. The lowest BCUT2D eigenvalue weighted by molar-refractivity contribution is 0.0414. The molecule has 2 atom stereocenters. The Morgan fingerprint density at radius 1 is 1.03 bits per heavy atom. The summed E-state index contributed by atoms with van der Waals surface area (Å²) in [6.45, 7) is 2.29. The van der Waals surface area contributed by atoms with Crippen molar-refractivity contribution in [1.82, 2.24) is 29.6 Å². The molecule has 0 spiro atoms. The van der Waals surface area contributed by atoms with Gasteiger partial charge in [0.25, 0.3) is 5.91 Å². The number of aryl methyl sites for hydroxylation is 1. The van der Waals surface area contributed by atoms with Crippen LogP contribution in [0.2, 0.25) is 0 Å². The molecule has 0 saturated heterocycles. The maximum absolute atomic E-state index is 13.3. The summed E-state index contributed by atoms with van der Waals surface area (Å²) in [4.78, 5) is 23.8. The van der Waals surface area contributed by atoms with Crippen LogP contribution in [0.1, 0.15) is 53.7 Å². The standard InChI is InChI=1S/C22H24N6O2/c1-14-11-24-17(12-23-14)22(29)27-13-20-25-26-21(15-7-9-16(30-2)10-8-15)28(20)19-6-4-3-5-18(19)27/h7-12,18-19H,3-6,13H2,1-2H3. The fourth-order valence-electron chi connectivity index (χ4n) is 4.62. The normalized spacial score (nSPS) is 20.4. The lowest BCUT2D eigenvalue weighted by atomic mass is 9.87. The first kappa shape index (κ1) is 18.7. The van der Waals surface area contributed by atoms with Crippen molar-refractivity contribution in [2.45, 2.75) is 51.2 Å². The third-order valence-electron chi connectivity index (χ3n) is 6.11. The van der Waals surface area contributed by atoms with E-state index >= 15 is 0 Å². The topological polar surface area (TPSA) is 86.0 Å². The van der Waals surface area contributed by atoms with Gasteiger partial charge in [-0.1, -0.05) is 12.8 Å². The summed E-state index contributed by atoms with van der Waals surface area (Å²) < 4.78 is 7.52. The van der Waals surface area contributed by atoms with E-state index in [4.69, 9.17) is 4.74 Å². The fraction of sp³-hybridized carbons (Fsp3) is 0.409. The molecule has 2 unspecified atom stereocenters. The van der Waals surface area contributed by atoms with Crippen molar-refractivity contribution in [3.63, 3.8) is 0 Å². The van der Waals surface area contributed by atoms with Gasteiger partial charge in [0.05, 0.1) is 37.6 Å². The summed E-state index contributed by atoms with van der Waals surface area (Å²) in [7, 11) is 1.66. The average molecular weight is 404 g/mol. The van der Waals surface area contributed by atoms with E-state index in [0.29, 0.717) is 12.2 Å². The van der Waals surface area contributed by atoms with Gasteiger partial charge in [-0.15, -0.1) is 10.2 Å². The summed E-state index contributed by atoms with van der Waals surface area (Å²) in [5.41, 5.74) is 2.18. The van der Waals surface area contributed by atoms with Gasteiger partial charge < -0.3 is 14.2 Å². The molecule has 1 fully saturated rings. The minimum absolute atomic E-state index is 0.0837. The van der Waals surface area contributed by atoms with Gasteiger partial charge in [0.2, 0.25) is 0 Å². The maximum Gasteiger partial charge on any atom is 0.274 e. The number of hydrogen-bond donors (Lipinski definition) is 0. The van der Waals surface area contributed by atoms with Crippen LogP contribution in [0, 0.1) is 6.92 Å². The van der Waals surface area contributed by atoms with Gasteiger partial charge in [-0.05, 0) is 44.0 Å². The van der Waals surface area contributed by atoms with E-state index in [-0.39, 0.29) is 18.0 Å². The van der Waals surface area contributed by atoms with E-state index in [1.54, 1.807) is 19.5 Å². The van der Waals surface area contributed by atoms with Crippen LogP contribution >= 0.6 is 0 Å². The Morgan fingerprint density at radius 2 is 1.80 bits per heavy atom. The number of hydrogen-bond acceptors (Lipinski definition) is 6. The van der Waals surface area contributed by atoms with Crippen LogP contribution in [0.4, 0.5) is 0 Å². The average Bonchev–Trinajstić information content (AvgIpc) is 3.23. The van der Waals surface area contributed by atoms with Crippen LogP contribution in [0.5, 0.6) is 5.75 Å². The van der Waals surface area contributed by atoms with E-state index < -0.39 is 0 Å². The van der Waals surface area contributed by atoms with Gasteiger partial charge in [-0.2, -0.15) is 0 Å². The number of benzene rings is 1. The Kier molecular flexibility index (Phi) is 4.69. The van der Waals surface area contributed by atoms with E-state index in [9.17, 15) is 4.79 Å². The van der Waals surface area contributed by atoms with Crippen molar-refractivity contribution in [3.8, 4) is 17.1 Å². The number of fused-ring (bicyclic) bond motifs is 3. The molecule has 8 heteroatoms. The van der Waals surface area contributed by atoms with Gasteiger partial charge in [0, 0.05) is 11.8 Å². The van der Waals surface area contributed by atoms with E-state index in [2.05, 4.69) is 24.7 Å². The number of aromatic nitrogens is 5. The van der Waals surface area contributed by atoms with Gasteiger partial charge in [-0.3, -0.25) is 9.78 Å². The number of carbonyl (C=O) groups excluding carboxylic acids is 1. The number of carbonyl (C=O) groups is 1. The first-order valence-corrected chi connectivity index (χ1v) is 10.3. The lowest BCUT2D eigenvalue weighted by Crippen LogP contribution is -2.50. The van der Waals surface area contributed by atoms with Crippen LogP contribution in [-0.2, 0) is 6.54 Å². The number of methoxy groups -OCH3 is 1. The molecule has 3 heterocycles. The molecular formula is C22H24N6O2. The van der Waals surface area contributed by atoms with Crippen LogP contribution in [0.25, 0.3) is 11.4 Å². The summed E-state index contributed by atoms with van der Waals surface area (Å²) in [6, 6.07) is 8.15. The van der Waals surface area contributed by atoms with Crippen LogP contribution < -0.4 is 4.74 Å². The molecule has 1 aliphatic heterocycles. The second-order valence-corrected chi connectivity index (χ2v) is 7.93. The summed E-state index contributed by atoms with van der Waals surface area (Å²) in [5.74, 6) is 2.40. The third kappa shape index (κ3) is 3.12. The highest BCUT2D eigenvalue weighted by Crippen LogP contribution is 2.40. The number of amides is 1. The second-order valence-electron chi connectivity index (χ2n) is 7.93. The van der Waals surface area contributed by atoms with Crippen molar-refractivity contribution in [2.75, 3.05) is 7.11 Å².